The van der Waals surface area contributed by atoms with Gasteiger partial charge in [0.2, 0.25) is 0 Å². The van der Waals surface area contributed by atoms with E-state index in [0.29, 0.717) is 5.69 Å². The summed E-state index contributed by atoms with van der Waals surface area (Å²) in [7, 11) is 0. The second-order valence-corrected chi connectivity index (χ2v) is 4.93. The summed E-state index contributed by atoms with van der Waals surface area (Å²) < 4.78 is 0.862. The topological polar surface area (TPSA) is 46.0 Å². The van der Waals surface area contributed by atoms with E-state index in [-0.39, 0.29) is 6.61 Å². The first-order valence-corrected chi connectivity index (χ1v) is 5.59. The molecule has 1 N–H and O–H groups in total. The van der Waals surface area contributed by atoms with E-state index < -0.39 is 0 Å². The molecule has 0 atom stereocenters. The maximum Gasteiger partial charge on any atom is 0.143 e. The molecule has 0 aliphatic heterocycles. The van der Waals surface area contributed by atoms with Crippen LogP contribution >= 0.6 is 27.3 Å². The Hall–Kier alpha value is -0.780. The number of pyridine rings is 1. The molecule has 0 aliphatic rings. The second kappa shape index (κ2) is 4.16. The molecule has 72 valence electrons. The number of thiazole rings is 1. The van der Waals surface area contributed by atoms with E-state index in [1.54, 1.807) is 6.20 Å². The van der Waals surface area contributed by atoms with Crippen LogP contribution in [0.3, 0.4) is 0 Å². The molecule has 3 nitrogen and oxygen atoms in total. The van der Waals surface area contributed by atoms with Crippen LogP contribution in [0.2, 0.25) is 0 Å². The Morgan fingerprint density at radius 3 is 2.86 bits per heavy atom. The first kappa shape index (κ1) is 9.76. The van der Waals surface area contributed by atoms with Crippen molar-refractivity contribution in [3.8, 4) is 10.7 Å². The van der Waals surface area contributed by atoms with E-state index in [0.717, 1.165) is 14.5 Å². The number of hydrogen-bond donors (Lipinski definition) is 1. The number of nitrogens with zero attached hydrogens (tertiary/aromatic N) is 2. The predicted molar refractivity (Wildman–Crippen MR) is 59.0 cm³/mol. The van der Waals surface area contributed by atoms with Gasteiger partial charge in [0.25, 0.3) is 0 Å². The van der Waals surface area contributed by atoms with Crippen LogP contribution in [-0.4, -0.2) is 15.1 Å². The van der Waals surface area contributed by atoms with Gasteiger partial charge < -0.3 is 5.11 Å². The van der Waals surface area contributed by atoms with Crippen molar-refractivity contribution in [3.05, 3.63) is 33.9 Å². The fourth-order valence-electron chi connectivity index (χ4n) is 1.03. The third-order valence-corrected chi connectivity index (χ3v) is 3.54. The minimum atomic E-state index is -0.0517. The monoisotopic (exact) mass is 270 g/mol. The Morgan fingerprint density at radius 1 is 1.43 bits per heavy atom. The van der Waals surface area contributed by atoms with E-state index >= 15 is 0 Å². The van der Waals surface area contributed by atoms with Crippen LogP contribution in [0.5, 0.6) is 0 Å². The van der Waals surface area contributed by atoms with Crippen LogP contribution < -0.4 is 0 Å². The molecule has 5 heteroatoms. The molecule has 0 radical (unpaired) electrons. The molecule has 0 amide bonds. The molecule has 14 heavy (non-hydrogen) atoms. The molecule has 0 aromatic carbocycles. The largest absolute Gasteiger partial charge is 0.390 e. The average Bonchev–Trinajstić information content (AvgIpc) is 2.61. The lowest BCUT2D eigenvalue weighted by Crippen LogP contribution is -1.85. The van der Waals surface area contributed by atoms with Crippen LogP contribution in [-0.2, 0) is 6.61 Å². The van der Waals surface area contributed by atoms with Crippen LogP contribution in [0.1, 0.15) is 5.69 Å². The average molecular weight is 271 g/mol. The van der Waals surface area contributed by atoms with Gasteiger partial charge in [-0.3, -0.25) is 4.98 Å². The molecule has 2 heterocycles. The van der Waals surface area contributed by atoms with E-state index in [2.05, 4.69) is 25.9 Å². The van der Waals surface area contributed by atoms with Crippen molar-refractivity contribution < 1.29 is 5.11 Å². The lowest BCUT2D eigenvalue weighted by Gasteiger charge is -1.91. The molecule has 0 spiro atoms. The lowest BCUT2D eigenvalue weighted by atomic mass is 10.4. The van der Waals surface area contributed by atoms with Crippen molar-refractivity contribution in [1.29, 1.82) is 0 Å². The standard InChI is InChI=1S/C9H7BrN2OS/c10-8-7(5-13)12-9(14-8)6-3-1-2-4-11-6/h1-4,13H,5H2. The lowest BCUT2D eigenvalue weighted by molar-refractivity contribution is 0.277. The molecule has 0 aliphatic carbocycles. The zero-order valence-corrected chi connectivity index (χ0v) is 9.55. The highest BCUT2D eigenvalue weighted by atomic mass is 79.9. The zero-order chi connectivity index (χ0) is 9.97. The van der Waals surface area contributed by atoms with Gasteiger partial charge in [0.1, 0.15) is 5.01 Å². The maximum absolute atomic E-state index is 8.97. The Morgan fingerprint density at radius 2 is 2.29 bits per heavy atom. The van der Waals surface area contributed by atoms with Gasteiger partial charge in [0.15, 0.2) is 0 Å². The van der Waals surface area contributed by atoms with Crippen molar-refractivity contribution in [2.75, 3.05) is 0 Å². The van der Waals surface area contributed by atoms with Gasteiger partial charge in [-0.2, -0.15) is 0 Å². The molecule has 2 rings (SSSR count). The highest BCUT2D eigenvalue weighted by Crippen LogP contribution is 2.30. The smallest absolute Gasteiger partial charge is 0.143 e. The van der Waals surface area contributed by atoms with E-state index in [4.69, 9.17) is 5.11 Å². The Kier molecular flexibility index (Phi) is 2.90. The Balaban J connectivity index is 2.43. The first-order valence-electron chi connectivity index (χ1n) is 3.98. The Labute approximate surface area is 93.6 Å². The Bertz CT molecular complexity index is 430. The number of aliphatic hydroxyl groups is 1. The molecule has 0 unspecified atom stereocenters. The van der Waals surface area contributed by atoms with Gasteiger partial charge in [-0.25, -0.2) is 4.98 Å². The first-order chi connectivity index (χ1) is 6.81. The van der Waals surface area contributed by atoms with Crippen molar-refractivity contribution in [3.63, 3.8) is 0 Å². The number of hydrogen-bond acceptors (Lipinski definition) is 4. The normalized spacial score (nSPS) is 10.4. The van der Waals surface area contributed by atoms with E-state index in [9.17, 15) is 0 Å². The van der Waals surface area contributed by atoms with E-state index in [1.165, 1.54) is 11.3 Å². The van der Waals surface area contributed by atoms with Gasteiger partial charge in [0, 0.05) is 6.20 Å². The minimum Gasteiger partial charge on any atom is -0.390 e. The fraction of sp³-hybridized carbons (Fsp3) is 0.111. The van der Waals surface area contributed by atoms with Crippen molar-refractivity contribution in [2.24, 2.45) is 0 Å². The van der Waals surface area contributed by atoms with Crippen LogP contribution in [0.4, 0.5) is 0 Å². The summed E-state index contributed by atoms with van der Waals surface area (Å²) in [5, 5.41) is 9.79. The summed E-state index contributed by atoms with van der Waals surface area (Å²) >= 11 is 4.82. The summed E-state index contributed by atoms with van der Waals surface area (Å²) in [5.74, 6) is 0. The highest BCUT2D eigenvalue weighted by molar-refractivity contribution is 9.11. The zero-order valence-electron chi connectivity index (χ0n) is 7.14. The number of rotatable bonds is 2. The van der Waals surface area contributed by atoms with Crippen LogP contribution in [0.15, 0.2) is 28.2 Å². The number of halogens is 1. The molecule has 0 saturated heterocycles. The second-order valence-electron chi connectivity index (χ2n) is 2.61. The minimum absolute atomic E-state index is 0.0517. The quantitative estimate of drug-likeness (QED) is 0.912. The molecular weight excluding hydrogens is 264 g/mol. The van der Waals surface area contributed by atoms with Crippen molar-refractivity contribution in [2.45, 2.75) is 6.61 Å². The molecule has 0 bridgehead atoms. The SMILES string of the molecule is OCc1nc(-c2ccccn2)sc1Br. The predicted octanol–water partition coefficient (Wildman–Crippen LogP) is 2.46. The van der Waals surface area contributed by atoms with Gasteiger partial charge >= 0.3 is 0 Å². The van der Waals surface area contributed by atoms with E-state index in [1.807, 2.05) is 18.2 Å². The maximum atomic E-state index is 8.97. The highest BCUT2D eigenvalue weighted by Gasteiger charge is 2.09. The van der Waals surface area contributed by atoms with Crippen molar-refractivity contribution >= 4 is 27.3 Å². The summed E-state index contributed by atoms with van der Waals surface area (Å²) in [5.41, 5.74) is 1.49. The molecule has 2 aromatic heterocycles. The van der Waals surface area contributed by atoms with Gasteiger partial charge in [-0.05, 0) is 28.1 Å². The van der Waals surface area contributed by atoms with Gasteiger partial charge in [-0.15, -0.1) is 11.3 Å². The third-order valence-electron chi connectivity index (χ3n) is 1.68. The number of aliphatic hydroxyl groups excluding tert-OH is 1. The third kappa shape index (κ3) is 1.84. The molecule has 0 fully saturated rings. The fourth-order valence-corrected chi connectivity index (χ4v) is 2.48. The summed E-state index contributed by atoms with van der Waals surface area (Å²) in [6.07, 6.45) is 1.73. The van der Waals surface area contributed by atoms with Gasteiger partial charge in [-0.1, -0.05) is 6.07 Å². The van der Waals surface area contributed by atoms with Gasteiger partial charge in [0.05, 0.1) is 21.8 Å². The molecular formula is C9H7BrN2OS. The van der Waals surface area contributed by atoms with Crippen LogP contribution in [0.25, 0.3) is 10.7 Å². The molecule has 2 aromatic rings. The number of aromatic nitrogens is 2. The summed E-state index contributed by atoms with van der Waals surface area (Å²) in [6.45, 7) is -0.0517. The summed E-state index contributed by atoms with van der Waals surface area (Å²) in [4.78, 5) is 8.44. The van der Waals surface area contributed by atoms with Crippen molar-refractivity contribution in [1.82, 2.24) is 9.97 Å². The van der Waals surface area contributed by atoms with Crippen LogP contribution in [0, 0.1) is 0 Å². The molecule has 0 saturated carbocycles. The summed E-state index contributed by atoms with van der Waals surface area (Å²) in [6, 6.07) is 5.67.